The highest BCUT2D eigenvalue weighted by Gasteiger charge is 2.16. The molecule has 4 heteroatoms. The topological polar surface area (TPSA) is 61.5 Å². The summed E-state index contributed by atoms with van der Waals surface area (Å²) in [6.07, 6.45) is 0.988. The Balaban J connectivity index is 2.65. The molecule has 4 nitrogen and oxygen atoms in total. The first-order valence-electron chi connectivity index (χ1n) is 6.43. The molecule has 2 N–H and O–H groups in total. The minimum atomic E-state index is -0.437. The Morgan fingerprint density at radius 3 is 2.47 bits per heavy atom. The molecular formula is C15H23NO3. The van der Waals surface area contributed by atoms with Gasteiger partial charge in [0.25, 0.3) is 0 Å². The number of aryl methyl sites for hydroxylation is 1. The lowest BCUT2D eigenvalue weighted by Crippen LogP contribution is -2.24. The molecule has 0 saturated heterocycles. The van der Waals surface area contributed by atoms with Crippen molar-refractivity contribution in [2.24, 2.45) is 5.73 Å². The summed E-state index contributed by atoms with van der Waals surface area (Å²) in [5.41, 5.74) is 7.34. The Hall–Kier alpha value is -1.55. The predicted molar refractivity (Wildman–Crippen MR) is 75.1 cm³/mol. The van der Waals surface area contributed by atoms with Crippen LogP contribution in [0.3, 0.4) is 0 Å². The standard InChI is InChI=1S/C15H23NO3/c1-15(2,3)19-14(17)8-6-11-5-7-13(18-4)9-12(11)10-16/h5,7,9H,6,8,10,16H2,1-4H3. The fourth-order valence-electron chi connectivity index (χ4n) is 1.79. The third-order valence-corrected chi connectivity index (χ3v) is 2.65. The van der Waals surface area contributed by atoms with Gasteiger partial charge in [0, 0.05) is 13.0 Å². The van der Waals surface area contributed by atoms with Gasteiger partial charge in [0.1, 0.15) is 11.4 Å². The Kier molecular flexibility index (Phi) is 5.36. The molecule has 0 amide bonds. The van der Waals surface area contributed by atoms with E-state index in [-0.39, 0.29) is 5.97 Å². The van der Waals surface area contributed by atoms with Crippen LogP contribution in [0, 0.1) is 0 Å². The molecular weight excluding hydrogens is 242 g/mol. The van der Waals surface area contributed by atoms with Crippen molar-refractivity contribution in [3.63, 3.8) is 0 Å². The summed E-state index contributed by atoms with van der Waals surface area (Å²) in [5, 5.41) is 0. The van der Waals surface area contributed by atoms with Gasteiger partial charge in [0.15, 0.2) is 0 Å². The van der Waals surface area contributed by atoms with Crippen molar-refractivity contribution >= 4 is 5.97 Å². The third-order valence-electron chi connectivity index (χ3n) is 2.65. The highest BCUT2D eigenvalue weighted by molar-refractivity contribution is 5.70. The monoisotopic (exact) mass is 265 g/mol. The van der Waals surface area contributed by atoms with Gasteiger partial charge in [-0.25, -0.2) is 0 Å². The highest BCUT2D eigenvalue weighted by Crippen LogP contribution is 2.19. The Labute approximate surface area is 114 Å². The summed E-state index contributed by atoms with van der Waals surface area (Å²) < 4.78 is 10.4. The lowest BCUT2D eigenvalue weighted by molar-refractivity contribution is -0.154. The minimum Gasteiger partial charge on any atom is -0.497 e. The molecule has 0 atom stereocenters. The molecule has 19 heavy (non-hydrogen) atoms. The molecule has 0 aliphatic heterocycles. The fourth-order valence-corrected chi connectivity index (χ4v) is 1.79. The second-order valence-corrected chi connectivity index (χ2v) is 5.43. The average molecular weight is 265 g/mol. The van der Waals surface area contributed by atoms with Crippen LogP contribution in [0.25, 0.3) is 0 Å². The molecule has 0 radical (unpaired) electrons. The minimum absolute atomic E-state index is 0.189. The highest BCUT2D eigenvalue weighted by atomic mass is 16.6. The van der Waals surface area contributed by atoms with Gasteiger partial charge < -0.3 is 15.2 Å². The van der Waals surface area contributed by atoms with Crippen molar-refractivity contribution in [1.29, 1.82) is 0 Å². The van der Waals surface area contributed by atoms with Crippen LogP contribution < -0.4 is 10.5 Å². The number of carbonyl (C=O) groups is 1. The zero-order chi connectivity index (χ0) is 14.5. The van der Waals surface area contributed by atoms with Crippen LogP contribution in [0.1, 0.15) is 38.3 Å². The lowest BCUT2D eigenvalue weighted by atomic mass is 10.0. The van der Waals surface area contributed by atoms with E-state index in [1.807, 2.05) is 39.0 Å². The van der Waals surface area contributed by atoms with Gasteiger partial charge in [-0.3, -0.25) is 4.79 Å². The summed E-state index contributed by atoms with van der Waals surface area (Å²) in [6, 6.07) is 5.74. The Bertz CT molecular complexity index is 436. The number of methoxy groups -OCH3 is 1. The van der Waals surface area contributed by atoms with Crippen molar-refractivity contribution in [2.45, 2.75) is 45.8 Å². The van der Waals surface area contributed by atoms with Crippen LogP contribution in [-0.4, -0.2) is 18.7 Å². The number of carbonyl (C=O) groups excluding carboxylic acids is 1. The molecule has 0 heterocycles. The summed E-state index contributed by atoms with van der Waals surface area (Å²) in [7, 11) is 1.62. The maximum atomic E-state index is 11.7. The maximum Gasteiger partial charge on any atom is 0.306 e. The van der Waals surface area contributed by atoms with E-state index in [1.54, 1.807) is 7.11 Å². The number of ether oxygens (including phenoxy) is 2. The molecule has 0 spiro atoms. The van der Waals surface area contributed by atoms with Gasteiger partial charge in [0.2, 0.25) is 0 Å². The molecule has 0 aromatic heterocycles. The Morgan fingerprint density at radius 1 is 1.26 bits per heavy atom. The number of esters is 1. The number of hydrogen-bond acceptors (Lipinski definition) is 4. The average Bonchev–Trinajstić information content (AvgIpc) is 2.34. The van der Waals surface area contributed by atoms with E-state index in [9.17, 15) is 4.79 Å². The van der Waals surface area contributed by atoms with Crippen molar-refractivity contribution in [1.82, 2.24) is 0 Å². The van der Waals surface area contributed by atoms with E-state index in [0.29, 0.717) is 19.4 Å². The lowest BCUT2D eigenvalue weighted by Gasteiger charge is -2.19. The second-order valence-electron chi connectivity index (χ2n) is 5.43. The smallest absolute Gasteiger partial charge is 0.306 e. The van der Waals surface area contributed by atoms with Crippen LogP contribution in [0.4, 0.5) is 0 Å². The molecule has 1 rings (SSSR count). The number of benzene rings is 1. The fraction of sp³-hybridized carbons (Fsp3) is 0.533. The van der Waals surface area contributed by atoms with E-state index in [4.69, 9.17) is 15.2 Å². The van der Waals surface area contributed by atoms with Gasteiger partial charge in [-0.1, -0.05) is 6.07 Å². The molecule has 0 unspecified atom stereocenters. The molecule has 106 valence electrons. The van der Waals surface area contributed by atoms with Gasteiger partial charge in [-0.05, 0) is 50.5 Å². The molecule has 0 saturated carbocycles. The van der Waals surface area contributed by atoms with Crippen molar-refractivity contribution in [2.75, 3.05) is 7.11 Å². The predicted octanol–water partition coefficient (Wildman–Crippen LogP) is 2.43. The quantitative estimate of drug-likeness (QED) is 0.831. The molecule has 0 bridgehead atoms. The van der Waals surface area contributed by atoms with E-state index in [0.717, 1.165) is 16.9 Å². The number of nitrogens with two attached hydrogens (primary N) is 1. The van der Waals surface area contributed by atoms with Gasteiger partial charge in [-0.15, -0.1) is 0 Å². The second kappa shape index (κ2) is 6.57. The zero-order valence-electron chi connectivity index (χ0n) is 12.2. The van der Waals surface area contributed by atoms with Crippen molar-refractivity contribution in [3.05, 3.63) is 29.3 Å². The van der Waals surface area contributed by atoms with Crippen molar-refractivity contribution < 1.29 is 14.3 Å². The van der Waals surface area contributed by atoms with Gasteiger partial charge in [0.05, 0.1) is 7.11 Å². The summed E-state index contributed by atoms with van der Waals surface area (Å²) in [4.78, 5) is 11.7. The summed E-state index contributed by atoms with van der Waals surface area (Å²) >= 11 is 0. The Morgan fingerprint density at radius 2 is 1.95 bits per heavy atom. The van der Waals surface area contributed by atoms with Crippen molar-refractivity contribution in [3.8, 4) is 5.75 Å². The first-order valence-corrected chi connectivity index (χ1v) is 6.43. The van der Waals surface area contributed by atoms with E-state index >= 15 is 0 Å². The van der Waals surface area contributed by atoms with Gasteiger partial charge >= 0.3 is 5.97 Å². The van der Waals surface area contributed by atoms with E-state index in [2.05, 4.69) is 0 Å². The summed E-state index contributed by atoms with van der Waals surface area (Å²) in [6.45, 7) is 6.03. The van der Waals surface area contributed by atoms with E-state index in [1.165, 1.54) is 0 Å². The first-order chi connectivity index (χ1) is 8.85. The van der Waals surface area contributed by atoms with Gasteiger partial charge in [-0.2, -0.15) is 0 Å². The van der Waals surface area contributed by atoms with Crippen LogP contribution in [-0.2, 0) is 22.5 Å². The van der Waals surface area contributed by atoms with Crippen LogP contribution >= 0.6 is 0 Å². The molecule has 0 aliphatic rings. The molecule has 0 fully saturated rings. The SMILES string of the molecule is COc1ccc(CCC(=O)OC(C)(C)C)c(CN)c1. The largest absolute Gasteiger partial charge is 0.497 e. The molecule has 1 aromatic carbocycles. The number of rotatable bonds is 5. The zero-order valence-corrected chi connectivity index (χ0v) is 12.2. The maximum absolute atomic E-state index is 11.7. The van der Waals surface area contributed by atoms with Crippen LogP contribution in [0.2, 0.25) is 0 Å². The van der Waals surface area contributed by atoms with E-state index < -0.39 is 5.60 Å². The third kappa shape index (κ3) is 5.30. The summed E-state index contributed by atoms with van der Waals surface area (Å²) in [5.74, 6) is 0.591. The van der Waals surface area contributed by atoms with Crippen LogP contribution in [0.15, 0.2) is 18.2 Å². The molecule has 0 aliphatic carbocycles. The molecule has 1 aromatic rings. The normalized spacial score (nSPS) is 11.2. The number of hydrogen-bond donors (Lipinski definition) is 1. The van der Waals surface area contributed by atoms with Crippen LogP contribution in [0.5, 0.6) is 5.75 Å². The first kappa shape index (κ1) is 15.5.